The smallest absolute Gasteiger partial charge is 0.165 e. The topological polar surface area (TPSA) is 47.9 Å². The van der Waals surface area contributed by atoms with Crippen molar-refractivity contribution in [3.05, 3.63) is 17.7 Å². The van der Waals surface area contributed by atoms with Crippen molar-refractivity contribution in [2.24, 2.45) is 0 Å². The third kappa shape index (κ3) is 1.99. The predicted molar refractivity (Wildman–Crippen MR) is 54.8 cm³/mol. The molecule has 4 heteroatoms. The zero-order valence-electron chi connectivity index (χ0n) is 8.66. The molecule has 15 heavy (non-hydrogen) atoms. The maximum atomic E-state index is 8.92. The van der Waals surface area contributed by atoms with Crippen LogP contribution in [0.25, 0.3) is 0 Å². The first-order valence-electron chi connectivity index (χ1n) is 4.92. The fourth-order valence-electron chi connectivity index (χ4n) is 1.62. The number of aliphatic hydroxyl groups excluding tert-OH is 1. The van der Waals surface area contributed by atoms with Crippen LogP contribution in [0.3, 0.4) is 0 Å². The van der Waals surface area contributed by atoms with E-state index < -0.39 is 0 Å². The fourth-order valence-corrected chi connectivity index (χ4v) is 1.62. The second-order valence-electron chi connectivity index (χ2n) is 3.28. The van der Waals surface area contributed by atoms with Crippen molar-refractivity contribution in [3.63, 3.8) is 0 Å². The molecule has 0 radical (unpaired) electrons. The van der Waals surface area contributed by atoms with Gasteiger partial charge in [-0.2, -0.15) is 0 Å². The van der Waals surface area contributed by atoms with Crippen LogP contribution in [0.15, 0.2) is 12.1 Å². The van der Waals surface area contributed by atoms with E-state index in [0.29, 0.717) is 25.4 Å². The van der Waals surface area contributed by atoms with Crippen LogP contribution in [0.4, 0.5) is 0 Å². The van der Waals surface area contributed by atoms with E-state index >= 15 is 0 Å². The predicted octanol–water partition coefficient (Wildman–Crippen LogP) is 1.00. The van der Waals surface area contributed by atoms with Crippen LogP contribution in [-0.2, 0) is 6.42 Å². The number of fused-ring (bicyclic) bond motifs is 1. The standard InChI is InChI=1S/C11H14O4/c1-13-9-7-11-10(14-4-5-15-11)6-8(9)2-3-12/h6-7,12H,2-5H2,1H3. The highest BCUT2D eigenvalue weighted by molar-refractivity contribution is 5.51. The molecule has 0 saturated heterocycles. The highest BCUT2D eigenvalue weighted by Crippen LogP contribution is 2.36. The van der Waals surface area contributed by atoms with Gasteiger partial charge in [0.05, 0.1) is 7.11 Å². The Labute approximate surface area is 88.4 Å². The molecule has 0 amide bonds. The van der Waals surface area contributed by atoms with E-state index in [0.717, 1.165) is 17.1 Å². The molecule has 0 saturated carbocycles. The molecule has 1 N–H and O–H groups in total. The van der Waals surface area contributed by atoms with Crippen molar-refractivity contribution in [3.8, 4) is 17.2 Å². The first kappa shape index (κ1) is 10.1. The van der Waals surface area contributed by atoms with Gasteiger partial charge in [-0.1, -0.05) is 0 Å². The van der Waals surface area contributed by atoms with Crippen LogP contribution in [0, 0.1) is 0 Å². The van der Waals surface area contributed by atoms with Gasteiger partial charge in [0.15, 0.2) is 11.5 Å². The molecular formula is C11H14O4. The summed E-state index contributed by atoms with van der Waals surface area (Å²) >= 11 is 0. The monoisotopic (exact) mass is 210 g/mol. The lowest BCUT2D eigenvalue weighted by Crippen LogP contribution is -2.15. The lowest BCUT2D eigenvalue weighted by molar-refractivity contribution is 0.170. The largest absolute Gasteiger partial charge is 0.496 e. The van der Waals surface area contributed by atoms with Gasteiger partial charge in [0, 0.05) is 18.2 Å². The Morgan fingerprint density at radius 2 is 1.93 bits per heavy atom. The van der Waals surface area contributed by atoms with Gasteiger partial charge < -0.3 is 19.3 Å². The molecule has 1 heterocycles. The number of benzene rings is 1. The van der Waals surface area contributed by atoms with Crippen molar-refractivity contribution in [2.45, 2.75) is 6.42 Å². The van der Waals surface area contributed by atoms with Crippen molar-refractivity contribution in [1.82, 2.24) is 0 Å². The summed E-state index contributed by atoms with van der Waals surface area (Å²) in [6.45, 7) is 1.23. The quantitative estimate of drug-likeness (QED) is 0.808. The molecule has 0 spiro atoms. The lowest BCUT2D eigenvalue weighted by Gasteiger charge is -2.20. The number of hydrogen-bond acceptors (Lipinski definition) is 4. The van der Waals surface area contributed by atoms with Crippen molar-refractivity contribution in [2.75, 3.05) is 26.9 Å². The lowest BCUT2D eigenvalue weighted by atomic mass is 10.1. The maximum Gasteiger partial charge on any atom is 0.165 e. The molecule has 0 atom stereocenters. The zero-order chi connectivity index (χ0) is 10.7. The molecule has 0 aliphatic carbocycles. The van der Waals surface area contributed by atoms with Gasteiger partial charge in [-0.05, 0) is 12.5 Å². The minimum absolute atomic E-state index is 0.0933. The van der Waals surface area contributed by atoms with Gasteiger partial charge in [-0.25, -0.2) is 0 Å². The molecule has 2 rings (SSSR count). The molecule has 1 aliphatic rings. The van der Waals surface area contributed by atoms with E-state index in [-0.39, 0.29) is 6.61 Å². The average molecular weight is 210 g/mol. The SMILES string of the molecule is COc1cc2c(cc1CCO)OCCO2. The van der Waals surface area contributed by atoms with Crippen LogP contribution in [0.5, 0.6) is 17.2 Å². The van der Waals surface area contributed by atoms with Gasteiger partial charge in [-0.15, -0.1) is 0 Å². The molecule has 1 aromatic carbocycles. The molecule has 0 aromatic heterocycles. The number of methoxy groups -OCH3 is 1. The number of aliphatic hydroxyl groups is 1. The third-order valence-corrected chi connectivity index (χ3v) is 2.33. The molecule has 1 aliphatic heterocycles. The summed E-state index contributed by atoms with van der Waals surface area (Å²) < 4.78 is 16.1. The fraction of sp³-hybridized carbons (Fsp3) is 0.455. The number of ether oxygens (including phenoxy) is 3. The highest BCUT2D eigenvalue weighted by Gasteiger charge is 2.15. The summed E-state index contributed by atoms with van der Waals surface area (Å²) in [5.41, 5.74) is 0.934. The van der Waals surface area contributed by atoms with E-state index in [1.807, 2.05) is 6.07 Å². The molecule has 1 aromatic rings. The second kappa shape index (κ2) is 4.40. The van der Waals surface area contributed by atoms with Crippen LogP contribution in [-0.4, -0.2) is 32.0 Å². The average Bonchev–Trinajstić information content (AvgIpc) is 2.28. The molecular weight excluding hydrogens is 196 g/mol. The first-order valence-corrected chi connectivity index (χ1v) is 4.92. The van der Waals surface area contributed by atoms with Crippen LogP contribution in [0.1, 0.15) is 5.56 Å². The summed E-state index contributed by atoms with van der Waals surface area (Å²) in [5, 5.41) is 8.92. The molecule has 4 nitrogen and oxygen atoms in total. The highest BCUT2D eigenvalue weighted by atomic mass is 16.6. The number of hydrogen-bond donors (Lipinski definition) is 1. The van der Waals surface area contributed by atoms with Gasteiger partial charge in [0.25, 0.3) is 0 Å². The summed E-state index contributed by atoms with van der Waals surface area (Å²) in [4.78, 5) is 0. The van der Waals surface area contributed by atoms with Gasteiger partial charge >= 0.3 is 0 Å². The summed E-state index contributed by atoms with van der Waals surface area (Å²) in [6, 6.07) is 3.67. The molecule has 0 unspecified atom stereocenters. The van der Waals surface area contributed by atoms with Crippen molar-refractivity contribution < 1.29 is 19.3 Å². The Morgan fingerprint density at radius 1 is 1.27 bits per heavy atom. The summed E-state index contributed by atoms with van der Waals surface area (Å²) in [7, 11) is 1.60. The van der Waals surface area contributed by atoms with E-state index in [1.165, 1.54) is 0 Å². The van der Waals surface area contributed by atoms with E-state index in [4.69, 9.17) is 19.3 Å². The Bertz CT molecular complexity index is 349. The van der Waals surface area contributed by atoms with Crippen molar-refractivity contribution >= 4 is 0 Å². The van der Waals surface area contributed by atoms with Crippen LogP contribution >= 0.6 is 0 Å². The van der Waals surface area contributed by atoms with Crippen molar-refractivity contribution in [1.29, 1.82) is 0 Å². The molecule has 0 bridgehead atoms. The van der Waals surface area contributed by atoms with E-state index in [2.05, 4.69) is 0 Å². The minimum Gasteiger partial charge on any atom is -0.496 e. The Balaban J connectivity index is 2.37. The minimum atomic E-state index is 0.0933. The van der Waals surface area contributed by atoms with Crippen LogP contribution in [0.2, 0.25) is 0 Å². The van der Waals surface area contributed by atoms with Crippen LogP contribution < -0.4 is 14.2 Å². The Hall–Kier alpha value is -1.42. The first-order chi connectivity index (χ1) is 7.35. The zero-order valence-corrected chi connectivity index (χ0v) is 8.66. The molecule has 0 fully saturated rings. The Morgan fingerprint density at radius 3 is 2.53 bits per heavy atom. The van der Waals surface area contributed by atoms with Gasteiger partial charge in [0.2, 0.25) is 0 Å². The summed E-state index contributed by atoms with van der Waals surface area (Å²) in [5.74, 6) is 2.17. The number of rotatable bonds is 3. The van der Waals surface area contributed by atoms with Gasteiger partial charge in [-0.3, -0.25) is 0 Å². The Kier molecular flexibility index (Phi) is 2.97. The molecule has 82 valence electrons. The van der Waals surface area contributed by atoms with Gasteiger partial charge in [0.1, 0.15) is 19.0 Å². The normalized spacial score (nSPS) is 13.7. The third-order valence-electron chi connectivity index (χ3n) is 2.33. The van der Waals surface area contributed by atoms with E-state index in [9.17, 15) is 0 Å². The van der Waals surface area contributed by atoms with E-state index in [1.54, 1.807) is 13.2 Å². The summed E-state index contributed by atoms with van der Waals surface area (Å²) in [6.07, 6.45) is 0.555. The maximum absolute atomic E-state index is 8.92. The second-order valence-corrected chi connectivity index (χ2v) is 3.28.